The first-order chi connectivity index (χ1) is 10.7. The second kappa shape index (κ2) is 6.17. The van der Waals surface area contributed by atoms with Gasteiger partial charge in [-0.15, -0.1) is 0 Å². The maximum atomic E-state index is 13.3. The molecule has 110 valence electrons. The molecule has 0 spiro atoms. The number of nitrogens with zero attached hydrogens (tertiary/aromatic N) is 3. The highest BCUT2D eigenvalue weighted by atomic mass is 19.1. The van der Waals surface area contributed by atoms with Gasteiger partial charge in [0.2, 0.25) is 5.95 Å². The van der Waals surface area contributed by atoms with Crippen LogP contribution in [0.25, 0.3) is 11.3 Å². The number of aromatic nitrogens is 3. The SMILES string of the molecule is CNc1nc(Nc2cccc(F)c2)cc(-c2cccnc2)n1. The molecule has 2 aromatic heterocycles. The van der Waals surface area contributed by atoms with E-state index in [9.17, 15) is 4.39 Å². The van der Waals surface area contributed by atoms with Crippen LogP contribution >= 0.6 is 0 Å². The van der Waals surface area contributed by atoms with Gasteiger partial charge < -0.3 is 10.6 Å². The van der Waals surface area contributed by atoms with E-state index in [1.165, 1.54) is 12.1 Å². The maximum Gasteiger partial charge on any atom is 0.224 e. The van der Waals surface area contributed by atoms with Crippen LogP contribution in [-0.2, 0) is 0 Å². The quantitative estimate of drug-likeness (QED) is 0.771. The van der Waals surface area contributed by atoms with Gasteiger partial charge in [-0.2, -0.15) is 4.98 Å². The average molecular weight is 295 g/mol. The first-order valence-electron chi connectivity index (χ1n) is 6.74. The van der Waals surface area contributed by atoms with E-state index in [1.807, 2.05) is 12.1 Å². The Morgan fingerprint density at radius 1 is 1.05 bits per heavy atom. The Labute approximate surface area is 127 Å². The summed E-state index contributed by atoms with van der Waals surface area (Å²) in [6.07, 6.45) is 3.43. The molecule has 3 aromatic rings. The zero-order valence-electron chi connectivity index (χ0n) is 11.9. The van der Waals surface area contributed by atoms with Crippen molar-refractivity contribution in [3.63, 3.8) is 0 Å². The summed E-state index contributed by atoms with van der Waals surface area (Å²) in [4.78, 5) is 12.8. The number of benzene rings is 1. The lowest BCUT2D eigenvalue weighted by Gasteiger charge is -2.10. The Balaban J connectivity index is 1.97. The molecule has 0 radical (unpaired) electrons. The Hall–Kier alpha value is -3.02. The lowest BCUT2D eigenvalue weighted by molar-refractivity contribution is 0.628. The van der Waals surface area contributed by atoms with Crippen molar-refractivity contribution in [3.05, 3.63) is 60.7 Å². The van der Waals surface area contributed by atoms with E-state index in [-0.39, 0.29) is 5.82 Å². The van der Waals surface area contributed by atoms with Gasteiger partial charge in [-0.1, -0.05) is 6.07 Å². The normalized spacial score (nSPS) is 10.3. The third-order valence-electron chi connectivity index (χ3n) is 3.00. The van der Waals surface area contributed by atoms with Crippen LogP contribution in [0.1, 0.15) is 0 Å². The second-order valence-electron chi connectivity index (χ2n) is 4.59. The molecule has 0 bridgehead atoms. The first kappa shape index (κ1) is 13.9. The van der Waals surface area contributed by atoms with Gasteiger partial charge in [0.25, 0.3) is 0 Å². The third kappa shape index (κ3) is 3.17. The number of anilines is 3. The fourth-order valence-corrected chi connectivity index (χ4v) is 2.00. The summed E-state index contributed by atoms with van der Waals surface area (Å²) in [5.74, 6) is 0.740. The molecule has 22 heavy (non-hydrogen) atoms. The highest BCUT2D eigenvalue weighted by Crippen LogP contribution is 2.23. The molecule has 0 unspecified atom stereocenters. The van der Waals surface area contributed by atoms with Crippen LogP contribution in [0.4, 0.5) is 21.8 Å². The van der Waals surface area contributed by atoms with Crippen molar-refractivity contribution in [2.24, 2.45) is 0 Å². The van der Waals surface area contributed by atoms with Crippen LogP contribution in [0.3, 0.4) is 0 Å². The van der Waals surface area contributed by atoms with Gasteiger partial charge in [0.1, 0.15) is 11.6 Å². The van der Waals surface area contributed by atoms with Crippen LogP contribution in [0.5, 0.6) is 0 Å². The Morgan fingerprint density at radius 3 is 2.68 bits per heavy atom. The zero-order valence-corrected chi connectivity index (χ0v) is 11.9. The average Bonchev–Trinajstić information content (AvgIpc) is 2.55. The number of rotatable bonds is 4. The van der Waals surface area contributed by atoms with E-state index in [1.54, 1.807) is 37.6 Å². The van der Waals surface area contributed by atoms with Gasteiger partial charge in [0, 0.05) is 36.8 Å². The fraction of sp³-hybridized carbons (Fsp3) is 0.0625. The minimum atomic E-state index is -0.305. The van der Waals surface area contributed by atoms with Gasteiger partial charge in [-0.05, 0) is 30.3 Å². The minimum absolute atomic E-state index is 0.305. The monoisotopic (exact) mass is 295 g/mol. The van der Waals surface area contributed by atoms with Crippen molar-refractivity contribution in [1.29, 1.82) is 0 Å². The standard InChI is InChI=1S/C16H14FN5/c1-18-16-21-14(11-4-3-7-19-10-11)9-15(22-16)20-13-6-2-5-12(17)8-13/h2-10H,1H3,(H2,18,20,21,22). The number of nitrogens with one attached hydrogen (secondary N) is 2. The third-order valence-corrected chi connectivity index (χ3v) is 3.00. The minimum Gasteiger partial charge on any atom is -0.357 e. The van der Waals surface area contributed by atoms with Crippen molar-refractivity contribution in [3.8, 4) is 11.3 Å². The maximum absolute atomic E-state index is 13.3. The molecule has 0 saturated carbocycles. The molecule has 0 amide bonds. The highest BCUT2D eigenvalue weighted by molar-refractivity contribution is 5.66. The van der Waals surface area contributed by atoms with Gasteiger partial charge >= 0.3 is 0 Å². The van der Waals surface area contributed by atoms with E-state index < -0.39 is 0 Å². The molecule has 0 aliphatic heterocycles. The zero-order chi connectivity index (χ0) is 15.4. The molecule has 0 aliphatic carbocycles. The Morgan fingerprint density at radius 2 is 1.95 bits per heavy atom. The van der Waals surface area contributed by atoms with Crippen molar-refractivity contribution >= 4 is 17.5 Å². The van der Waals surface area contributed by atoms with E-state index >= 15 is 0 Å². The Kier molecular flexibility index (Phi) is 3.91. The highest BCUT2D eigenvalue weighted by Gasteiger charge is 2.07. The number of pyridine rings is 1. The van der Waals surface area contributed by atoms with Crippen LogP contribution in [0, 0.1) is 5.82 Å². The molecule has 0 atom stereocenters. The first-order valence-corrected chi connectivity index (χ1v) is 6.74. The predicted octanol–water partition coefficient (Wildman–Crippen LogP) is 3.46. The van der Waals surface area contributed by atoms with Gasteiger partial charge in [-0.25, -0.2) is 9.37 Å². The Bertz CT molecular complexity index is 776. The number of hydrogen-bond acceptors (Lipinski definition) is 5. The predicted molar refractivity (Wildman–Crippen MR) is 84.5 cm³/mol. The van der Waals surface area contributed by atoms with Crippen molar-refractivity contribution < 1.29 is 4.39 Å². The largest absolute Gasteiger partial charge is 0.357 e. The topological polar surface area (TPSA) is 62.7 Å². The van der Waals surface area contributed by atoms with E-state index in [0.717, 1.165) is 11.3 Å². The van der Waals surface area contributed by atoms with Crippen molar-refractivity contribution in [2.45, 2.75) is 0 Å². The smallest absolute Gasteiger partial charge is 0.224 e. The molecule has 2 N–H and O–H groups in total. The molecule has 6 heteroatoms. The summed E-state index contributed by atoms with van der Waals surface area (Å²) < 4.78 is 13.3. The fourth-order valence-electron chi connectivity index (χ4n) is 2.00. The summed E-state index contributed by atoms with van der Waals surface area (Å²) in [6, 6.07) is 11.8. The molecule has 1 aromatic carbocycles. The molecule has 0 saturated heterocycles. The summed E-state index contributed by atoms with van der Waals surface area (Å²) in [7, 11) is 1.74. The van der Waals surface area contributed by atoms with E-state index in [4.69, 9.17) is 0 Å². The molecule has 0 fully saturated rings. The van der Waals surface area contributed by atoms with Crippen LogP contribution in [-0.4, -0.2) is 22.0 Å². The summed E-state index contributed by atoms with van der Waals surface area (Å²) in [5, 5.41) is 6.00. The molecule has 5 nitrogen and oxygen atoms in total. The number of hydrogen-bond donors (Lipinski definition) is 2. The lowest BCUT2D eigenvalue weighted by Crippen LogP contribution is -2.02. The summed E-state index contributed by atoms with van der Waals surface area (Å²) in [6.45, 7) is 0. The molecule has 3 rings (SSSR count). The van der Waals surface area contributed by atoms with Crippen LogP contribution in [0.2, 0.25) is 0 Å². The van der Waals surface area contributed by atoms with Crippen molar-refractivity contribution in [1.82, 2.24) is 15.0 Å². The summed E-state index contributed by atoms with van der Waals surface area (Å²) in [5.41, 5.74) is 2.23. The molecule has 0 aliphatic rings. The molecule has 2 heterocycles. The van der Waals surface area contributed by atoms with E-state index in [0.29, 0.717) is 17.5 Å². The van der Waals surface area contributed by atoms with Gasteiger partial charge in [0.05, 0.1) is 5.69 Å². The van der Waals surface area contributed by atoms with E-state index in [2.05, 4.69) is 25.6 Å². The van der Waals surface area contributed by atoms with Gasteiger partial charge in [-0.3, -0.25) is 4.98 Å². The lowest BCUT2D eigenvalue weighted by atomic mass is 10.2. The summed E-state index contributed by atoms with van der Waals surface area (Å²) >= 11 is 0. The molecular weight excluding hydrogens is 281 g/mol. The van der Waals surface area contributed by atoms with Crippen LogP contribution in [0.15, 0.2) is 54.9 Å². The van der Waals surface area contributed by atoms with Crippen LogP contribution < -0.4 is 10.6 Å². The van der Waals surface area contributed by atoms with Crippen molar-refractivity contribution in [2.75, 3.05) is 17.7 Å². The molecular formula is C16H14FN5. The second-order valence-corrected chi connectivity index (χ2v) is 4.59. The number of halogens is 1. The van der Waals surface area contributed by atoms with Gasteiger partial charge in [0.15, 0.2) is 0 Å².